The van der Waals surface area contributed by atoms with E-state index in [1.807, 2.05) is 17.5 Å². The summed E-state index contributed by atoms with van der Waals surface area (Å²) in [5.41, 5.74) is 0.101. The van der Waals surface area contributed by atoms with Gasteiger partial charge in [-0.2, -0.15) is 0 Å². The van der Waals surface area contributed by atoms with E-state index in [4.69, 9.17) is 4.42 Å². The molecule has 0 unspecified atom stereocenters. The Morgan fingerprint density at radius 3 is 2.71 bits per heavy atom. The molecule has 3 heterocycles. The molecule has 0 saturated heterocycles. The van der Waals surface area contributed by atoms with Crippen LogP contribution in [0.1, 0.15) is 15.4 Å². The fourth-order valence-electron chi connectivity index (χ4n) is 1.89. The van der Waals surface area contributed by atoms with Crippen molar-refractivity contribution in [3.8, 4) is 0 Å². The number of nitrogens with one attached hydrogen (secondary N) is 2. The third kappa shape index (κ3) is 3.96. The molecule has 120 valence electrons. The fraction of sp³-hybridized carbons (Fsp3) is 0. The van der Waals surface area contributed by atoms with E-state index >= 15 is 0 Å². The van der Waals surface area contributed by atoms with Crippen LogP contribution in [0, 0.1) is 0 Å². The van der Waals surface area contributed by atoms with Crippen LogP contribution < -0.4 is 10.6 Å². The highest BCUT2D eigenvalue weighted by molar-refractivity contribution is 7.10. The first-order valence-electron chi connectivity index (χ1n) is 7.05. The van der Waals surface area contributed by atoms with E-state index in [0.717, 1.165) is 4.88 Å². The minimum atomic E-state index is -0.501. The van der Waals surface area contributed by atoms with Crippen LogP contribution in [0.5, 0.6) is 0 Å². The van der Waals surface area contributed by atoms with Crippen molar-refractivity contribution < 1.29 is 14.0 Å². The average molecular weight is 339 g/mol. The van der Waals surface area contributed by atoms with E-state index in [2.05, 4.69) is 15.6 Å². The number of furan rings is 1. The summed E-state index contributed by atoms with van der Waals surface area (Å²) in [5.74, 6) is -0.453. The fourth-order valence-corrected chi connectivity index (χ4v) is 2.54. The number of rotatable bonds is 5. The quantitative estimate of drug-likeness (QED) is 0.699. The van der Waals surface area contributed by atoms with E-state index in [-0.39, 0.29) is 11.5 Å². The zero-order valence-corrected chi connectivity index (χ0v) is 13.2. The molecule has 0 aliphatic heterocycles. The van der Waals surface area contributed by atoms with Crippen LogP contribution in [-0.2, 0) is 4.79 Å². The zero-order valence-electron chi connectivity index (χ0n) is 12.4. The normalized spacial score (nSPS) is 11.1. The first kappa shape index (κ1) is 15.7. The summed E-state index contributed by atoms with van der Waals surface area (Å²) < 4.78 is 5.05. The van der Waals surface area contributed by atoms with Crippen molar-refractivity contribution in [2.45, 2.75) is 0 Å². The van der Waals surface area contributed by atoms with Gasteiger partial charge in [-0.3, -0.25) is 9.59 Å². The molecule has 0 saturated carbocycles. The van der Waals surface area contributed by atoms with Crippen molar-refractivity contribution in [2.24, 2.45) is 0 Å². The van der Waals surface area contributed by atoms with E-state index in [0.29, 0.717) is 5.82 Å². The number of carbonyl (C=O) groups excluding carboxylic acids is 2. The molecule has 0 atom stereocenters. The largest absolute Gasteiger partial charge is 0.459 e. The molecular formula is C17H13N3O3S. The van der Waals surface area contributed by atoms with E-state index < -0.39 is 11.8 Å². The Morgan fingerprint density at radius 2 is 2.04 bits per heavy atom. The van der Waals surface area contributed by atoms with Gasteiger partial charge in [-0.1, -0.05) is 12.1 Å². The summed E-state index contributed by atoms with van der Waals surface area (Å²) in [6, 6.07) is 12.0. The van der Waals surface area contributed by atoms with Crippen molar-refractivity contribution in [1.82, 2.24) is 10.3 Å². The number of hydrogen-bond acceptors (Lipinski definition) is 5. The van der Waals surface area contributed by atoms with Gasteiger partial charge in [0.05, 0.1) is 6.26 Å². The van der Waals surface area contributed by atoms with Crippen molar-refractivity contribution in [1.29, 1.82) is 0 Å². The number of carbonyl (C=O) groups is 2. The molecule has 0 aliphatic rings. The topological polar surface area (TPSA) is 84.2 Å². The van der Waals surface area contributed by atoms with E-state index in [9.17, 15) is 9.59 Å². The summed E-state index contributed by atoms with van der Waals surface area (Å²) in [6.07, 6.45) is 4.56. The molecular weight excluding hydrogens is 326 g/mol. The summed E-state index contributed by atoms with van der Waals surface area (Å²) in [6.45, 7) is 0. The molecule has 0 spiro atoms. The zero-order chi connectivity index (χ0) is 16.8. The van der Waals surface area contributed by atoms with Crippen LogP contribution in [0.25, 0.3) is 6.08 Å². The molecule has 7 heteroatoms. The number of anilines is 1. The number of pyridine rings is 1. The first-order valence-corrected chi connectivity index (χ1v) is 7.93. The predicted octanol–water partition coefficient (Wildman–Crippen LogP) is 3.15. The Kier molecular flexibility index (Phi) is 4.83. The minimum absolute atomic E-state index is 0.101. The molecule has 3 aromatic rings. The summed E-state index contributed by atoms with van der Waals surface area (Å²) >= 11 is 1.45. The van der Waals surface area contributed by atoms with Gasteiger partial charge in [-0.05, 0) is 41.8 Å². The van der Waals surface area contributed by atoms with Crippen molar-refractivity contribution in [2.75, 3.05) is 5.32 Å². The lowest BCUT2D eigenvalue weighted by molar-refractivity contribution is -0.113. The van der Waals surface area contributed by atoms with Crippen LogP contribution in [0.3, 0.4) is 0 Å². The highest BCUT2D eigenvalue weighted by atomic mass is 32.1. The summed E-state index contributed by atoms with van der Waals surface area (Å²) in [7, 11) is 0. The number of thiophene rings is 1. The lowest BCUT2D eigenvalue weighted by atomic mass is 10.3. The second-order valence-corrected chi connectivity index (χ2v) is 5.65. The number of amides is 2. The Morgan fingerprint density at radius 1 is 1.12 bits per heavy atom. The molecule has 2 N–H and O–H groups in total. The predicted molar refractivity (Wildman–Crippen MR) is 91.3 cm³/mol. The molecule has 0 radical (unpaired) electrons. The lowest BCUT2D eigenvalue weighted by Crippen LogP contribution is -2.30. The van der Waals surface area contributed by atoms with Crippen LogP contribution in [-0.4, -0.2) is 16.8 Å². The number of nitrogens with zero attached hydrogens (tertiary/aromatic N) is 1. The maximum Gasteiger partial charge on any atom is 0.291 e. The van der Waals surface area contributed by atoms with Crippen molar-refractivity contribution >= 4 is 35.0 Å². The molecule has 3 rings (SSSR count). The highest BCUT2D eigenvalue weighted by Crippen LogP contribution is 2.14. The molecule has 0 fully saturated rings. The Bertz CT molecular complexity index is 841. The van der Waals surface area contributed by atoms with Gasteiger partial charge in [-0.15, -0.1) is 11.3 Å². The second-order valence-electron chi connectivity index (χ2n) is 4.67. The first-order chi connectivity index (χ1) is 11.7. The molecule has 3 aromatic heterocycles. The molecule has 0 aromatic carbocycles. The third-order valence-electron chi connectivity index (χ3n) is 2.97. The smallest absolute Gasteiger partial charge is 0.291 e. The lowest BCUT2D eigenvalue weighted by Gasteiger charge is -2.09. The average Bonchev–Trinajstić information content (AvgIpc) is 3.29. The van der Waals surface area contributed by atoms with E-state index in [1.165, 1.54) is 23.7 Å². The van der Waals surface area contributed by atoms with Crippen molar-refractivity contribution in [3.63, 3.8) is 0 Å². The van der Waals surface area contributed by atoms with Crippen LogP contribution >= 0.6 is 11.3 Å². The van der Waals surface area contributed by atoms with Gasteiger partial charge >= 0.3 is 0 Å². The van der Waals surface area contributed by atoms with Gasteiger partial charge < -0.3 is 15.1 Å². The molecule has 0 bridgehead atoms. The maximum absolute atomic E-state index is 12.5. The standard InChI is InChI=1S/C17H13N3O3S/c21-16(20-15-7-1-2-8-18-15)13(11-12-5-4-10-24-12)19-17(22)14-6-3-9-23-14/h1-11H,(H,19,22)(H,18,20,21). The van der Waals surface area contributed by atoms with Gasteiger partial charge in [0.25, 0.3) is 11.8 Å². The summed E-state index contributed by atoms with van der Waals surface area (Å²) in [4.78, 5) is 29.5. The van der Waals surface area contributed by atoms with Crippen LogP contribution in [0.4, 0.5) is 5.82 Å². The molecule has 24 heavy (non-hydrogen) atoms. The highest BCUT2D eigenvalue weighted by Gasteiger charge is 2.17. The third-order valence-corrected chi connectivity index (χ3v) is 3.79. The second kappa shape index (κ2) is 7.38. The van der Waals surface area contributed by atoms with E-state index in [1.54, 1.807) is 36.5 Å². The minimum Gasteiger partial charge on any atom is -0.459 e. The Balaban J connectivity index is 1.82. The van der Waals surface area contributed by atoms with Gasteiger partial charge in [-0.25, -0.2) is 4.98 Å². The summed E-state index contributed by atoms with van der Waals surface area (Å²) in [5, 5.41) is 7.10. The van der Waals surface area contributed by atoms with Gasteiger partial charge in [0.15, 0.2) is 5.76 Å². The van der Waals surface area contributed by atoms with Crippen molar-refractivity contribution in [3.05, 3.63) is 76.6 Å². The number of hydrogen-bond donors (Lipinski definition) is 2. The van der Waals surface area contributed by atoms with Gasteiger partial charge in [0.1, 0.15) is 11.5 Å². The Labute approximate surface area is 141 Å². The van der Waals surface area contributed by atoms with Crippen LogP contribution in [0.2, 0.25) is 0 Å². The maximum atomic E-state index is 12.5. The Hall–Kier alpha value is -3.19. The van der Waals surface area contributed by atoms with Crippen LogP contribution in [0.15, 0.2) is 70.4 Å². The number of aromatic nitrogens is 1. The van der Waals surface area contributed by atoms with Gasteiger partial charge in [0.2, 0.25) is 0 Å². The van der Waals surface area contributed by atoms with Gasteiger partial charge in [0, 0.05) is 11.1 Å². The molecule has 0 aliphatic carbocycles. The monoisotopic (exact) mass is 339 g/mol. The molecule has 6 nitrogen and oxygen atoms in total. The SMILES string of the molecule is O=C(Nc1ccccn1)C(=Cc1cccs1)NC(=O)c1ccco1. The molecule has 2 amide bonds.